The number of aromatic nitrogens is 2. The highest BCUT2D eigenvalue weighted by molar-refractivity contribution is 5.11. The first kappa shape index (κ1) is 11.1. The van der Waals surface area contributed by atoms with Crippen LogP contribution in [0.2, 0.25) is 0 Å². The van der Waals surface area contributed by atoms with Crippen molar-refractivity contribution in [2.45, 2.75) is 40.2 Å². The van der Waals surface area contributed by atoms with Crippen LogP contribution in [0.25, 0.3) is 0 Å². The van der Waals surface area contributed by atoms with Gasteiger partial charge in [-0.05, 0) is 12.3 Å². The maximum Gasteiger partial charge on any atom is 0.157 e. The lowest BCUT2D eigenvalue weighted by Gasteiger charge is -2.08. The predicted octanol–water partition coefficient (Wildman–Crippen LogP) is 2.72. The number of rotatable bonds is 6. The van der Waals surface area contributed by atoms with Gasteiger partial charge in [0.25, 0.3) is 0 Å². The largest absolute Gasteiger partial charge is 0.490 e. The second-order valence-electron chi connectivity index (χ2n) is 3.76. The lowest BCUT2D eigenvalue weighted by atomic mass is 10.1. The molecule has 80 valence electrons. The van der Waals surface area contributed by atoms with E-state index in [0.29, 0.717) is 5.92 Å². The van der Waals surface area contributed by atoms with Crippen molar-refractivity contribution in [1.82, 2.24) is 9.78 Å². The summed E-state index contributed by atoms with van der Waals surface area (Å²) in [6.07, 6.45) is 6.01. The molecule has 1 atom stereocenters. The summed E-state index contributed by atoms with van der Waals surface area (Å²) in [5.74, 6) is 1.50. The van der Waals surface area contributed by atoms with E-state index in [2.05, 4.69) is 25.9 Å². The first-order valence-corrected chi connectivity index (χ1v) is 5.41. The topological polar surface area (TPSA) is 27.1 Å². The Balaban J connectivity index is 2.35. The molecule has 3 nitrogen and oxygen atoms in total. The van der Waals surface area contributed by atoms with Gasteiger partial charge in [0.2, 0.25) is 0 Å². The third kappa shape index (κ3) is 3.40. The van der Waals surface area contributed by atoms with Gasteiger partial charge < -0.3 is 4.74 Å². The second kappa shape index (κ2) is 5.68. The predicted molar refractivity (Wildman–Crippen MR) is 57.5 cm³/mol. The fourth-order valence-corrected chi connectivity index (χ4v) is 1.13. The molecule has 0 aliphatic carbocycles. The van der Waals surface area contributed by atoms with Crippen LogP contribution in [0.1, 0.15) is 33.6 Å². The minimum absolute atomic E-state index is 0.615. The van der Waals surface area contributed by atoms with E-state index in [0.717, 1.165) is 31.7 Å². The average Bonchev–Trinajstić information content (AvgIpc) is 2.63. The monoisotopic (exact) mass is 196 g/mol. The zero-order valence-electron chi connectivity index (χ0n) is 9.36. The molecule has 0 amide bonds. The van der Waals surface area contributed by atoms with Crippen molar-refractivity contribution in [3.63, 3.8) is 0 Å². The minimum Gasteiger partial charge on any atom is -0.490 e. The van der Waals surface area contributed by atoms with E-state index in [9.17, 15) is 0 Å². The molecule has 1 aromatic rings. The molecule has 1 aromatic heterocycles. The molecule has 1 heterocycles. The van der Waals surface area contributed by atoms with Crippen molar-refractivity contribution in [1.29, 1.82) is 0 Å². The van der Waals surface area contributed by atoms with E-state index in [-0.39, 0.29) is 0 Å². The Labute approximate surface area is 86.1 Å². The molecule has 0 spiro atoms. The Kier molecular flexibility index (Phi) is 4.50. The summed E-state index contributed by atoms with van der Waals surface area (Å²) in [5.41, 5.74) is 0. The zero-order valence-corrected chi connectivity index (χ0v) is 9.36. The lowest BCUT2D eigenvalue weighted by molar-refractivity contribution is 0.256. The number of hydrogen-bond acceptors (Lipinski definition) is 2. The zero-order chi connectivity index (χ0) is 10.4. The Morgan fingerprint density at radius 3 is 2.93 bits per heavy atom. The summed E-state index contributed by atoms with van der Waals surface area (Å²) in [6, 6.07) is 0. The van der Waals surface area contributed by atoms with Gasteiger partial charge in [-0.15, -0.1) is 0 Å². The third-order valence-electron chi connectivity index (χ3n) is 2.29. The first-order chi connectivity index (χ1) is 6.76. The Bertz CT molecular complexity index is 258. The van der Waals surface area contributed by atoms with Gasteiger partial charge in [-0.1, -0.05) is 27.2 Å². The summed E-state index contributed by atoms with van der Waals surface area (Å²) in [6.45, 7) is 8.26. The lowest BCUT2D eigenvalue weighted by Crippen LogP contribution is -2.06. The fraction of sp³-hybridized carbons (Fsp3) is 0.727. The highest BCUT2D eigenvalue weighted by Crippen LogP contribution is 2.11. The van der Waals surface area contributed by atoms with Gasteiger partial charge in [0.05, 0.1) is 19.0 Å². The van der Waals surface area contributed by atoms with Crippen LogP contribution in [0.4, 0.5) is 0 Å². The van der Waals surface area contributed by atoms with Gasteiger partial charge in [0.15, 0.2) is 5.75 Å². The molecule has 1 unspecified atom stereocenters. The van der Waals surface area contributed by atoms with Crippen LogP contribution in [0.3, 0.4) is 0 Å². The van der Waals surface area contributed by atoms with Crippen LogP contribution in [-0.4, -0.2) is 16.4 Å². The SMILES string of the molecule is CCCn1cc(OCC(C)CC)cn1. The summed E-state index contributed by atoms with van der Waals surface area (Å²) in [7, 11) is 0. The van der Waals surface area contributed by atoms with E-state index in [1.807, 2.05) is 10.9 Å². The number of aryl methyl sites for hydroxylation is 1. The van der Waals surface area contributed by atoms with Crippen LogP contribution in [0.5, 0.6) is 5.75 Å². The molecule has 1 rings (SSSR count). The summed E-state index contributed by atoms with van der Waals surface area (Å²) < 4.78 is 7.52. The van der Waals surface area contributed by atoms with Gasteiger partial charge in [-0.25, -0.2) is 0 Å². The van der Waals surface area contributed by atoms with Gasteiger partial charge in [-0.2, -0.15) is 5.10 Å². The van der Waals surface area contributed by atoms with Gasteiger partial charge >= 0.3 is 0 Å². The molecule has 0 aromatic carbocycles. The average molecular weight is 196 g/mol. The molecule has 0 radical (unpaired) electrons. The van der Waals surface area contributed by atoms with Crippen molar-refractivity contribution in [2.75, 3.05) is 6.61 Å². The Hall–Kier alpha value is -0.990. The molecule has 0 saturated carbocycles. The molecule has 0 aliphatic rings. The van der Waals surface area contributed by atoms with Crippen LogP contribution in [-0.2, 0) is 6.54 Å². The highest BCUT2D eigenvalue weighted by Gasteiger charge is 2.02. The molecule has 3 heteroatoms. The molecule has 0 bridgehead atoms. The van der Waals surface area contributed by atoms with E-state index in [4.69, 9.17) is 4.74 Å². The summed E-state index contributed by atoms with van der Waals surface area (Å²) >= 11 is 0. The smallest absolute Gasteiger partial charge is 0.157 e. The first-order valence-electron chi connectivity index (χ1n) is 5.41. The van der Waals surface area contributed by atoms with Gasteiger partial charge in [0.1, 0.15) is 0 Å². The van der Waals surface area contributed by atoms with Gasteiger partial charge in [-0.3, -0.25) is 4.68 Å². The summed E-state index contributed by atoms with van der Waals surface area (Å²) in [4.78, 5) is 0. The van der Waals surface area contributed by atoms with Crippen molar-refractivity contribution in [3.8, 4) is 5.75 Å². The van der Waals surface area contributed by atoms with E-state index < -0.39 is 0 Å². The Morgan fingerprint density at radius 1 is 1.50 bits per heavy atom. The molecule has 0 N–H and O–H groups in total. The van der Waals surface area contributed by atoms with Crippen LogP contribution in [0, 0.1) is 5.92 Å². The van der Waals surface area contributed by atoms with E-state index >= 15 is 0 Å². The number of nitrogens with zero attached hydrogens (tertiary/aromatic N) is 2. The molecular weight excluding hydrogens is 176 g/mol. The molecular formula is C11H20N2O. The van der Waals surface area contributed by atoms with Crippen molar-refractivity contribution >= 4 is 0 Å². The fourth-order valence-electron chi connectivity index (χ4n) is 1.13. The Morgan fingerprint density at radius 2 is 2.29 bits per heavy atom. The third-order valence-corrected chi connectivity index (χ3v) is 2.29. The van der Waals surface area contributed by atoms with Crippen LogP contribution >= 0.6 is 0 Å². The number of ether oxygens (including phenoxy) is 1. The van der Waals surface area contributed by atoms with Crippen LogP contribution < -0.4 is 4.74 Å². The normalized spacial score (nSPS) is 12.8. The van der Waals surface area contributed by atoms with E-state index in [1.165, 1.54) is 0 Å². The molecule has 0 fully saturated rings. The van der Waals surface area contributed by atoms with Crippen molar-refractivity contribution in [2.24, 2.45) is 5.92 Å². The molecule has 14 heavy (non-hydrogen) atoms. The quantitative estimate of drug-likeness (QED) is 0.699. The molecule has 0 aliphatic heterocycles. The van der Waals surface area contributed by atoms with Crippen molar-refractivity contribution in [3.05, 3.63) is 12.4 Å². The minimum atomic E-state index is 0.615. The van der Waals surface area contributed by atoms with Gasteiger partial charge in [0, 0.05) is 6.54 Å². The second-order valence-corrected chi connectivity index (χ2v) is 3.76. The van der Waals surface area contributed by atoms with E-state index in [1.54, 1.807) is 6.20 Å². The summed E-state index contributed by atoms with van der Waals surface area (Å²) in [5, 5.41) is 4.20. The van der Waals surface area contributed by atoms with Crippen molar-refractivity contribution < 1.29 is 4.74 Å². The maximum atomic E-state index is 5.60. The maximum absolute atomic E-state index is 5.60. The molecule has 0 saturated heterocycles. The standard InChI is InChI=1S/C11H20N2O/c1-4-6-13-8-11(7-12-13)14-9-10(3)5-2/h7-8,10H,4-6,9H2,1-3H3. The number of hydrogen-bond donors (Lipinski definition) is 0. The van der Waals surface area contributed by atoms with Crippen LogP contribution in [0.15, 0.2) is 12.4 Å². The highest BCUT2D eigenvalue weighted by atomic mass is 16.5.